The van der Waals surface area contributed by atoms with Crippen LogP contribution in [0, 0.1) is 0 Å². The molecule has 248 valence electrons. The molecule has 1 heterocycles. The molecule has 2 atom stereocenters. The predicted octanol–water partition coefficient (Wildman–Crippen LogP) is 4.03. The first kappa shape index (κ1) is 35.2. The minimum Gasteiger partial charge on any atom is -0.507 e. The lowest BCUT2D eigenvalue weighted by molar-refractivity contribution is -0.122. The highest BCUT2D eigenvalue weighted by Gasteiger charge is 2.39. The highest BCUT2D eigenvalue weighted by molar-refractivity contribution is 9.10. The van der Waals surface area contributed by atoms with Crippen LogP contribution in [0.15, 0.2) is 76.1 Å². The Bertz CT molecular complexity index is 1690. The molecule has 3 aromatic rings. The minimum atomic E-state index is -4.07. The number of unbranched alkanes of at least 4 members (excludes halogenated alkanes) is 1. The van der Waals surface area contributed by atoms with Crippen molar-refractivity contribution in [3.8, 4) is 11.5 Å². The summed E-state index contributed by atoms with van der Waals surface area (Å²) in [6.07, 6.45) is 0.777. The van der Waals surface area contributed by atoms with Gasteiger partial charge in [0.05, 0.1) is 25.0 Å². The molecule has 13 nitrogen and oxygen atoms in total. The number of phenolic OH excluding ortho intramolecular Hbond substituents is 1. The van der Waals surface area contributed by atoms with Crippen molar-refractivity contribution >= 4 is 54.5 Å². The zero-order valence-electron chi connectivity index (χ0n) is 24.6. The van der Waals surface area contributed by atoms with Crippen LogP contribution in [0.4, 0.5) is 0 Å². The highest BCUT2D eigenvalue weighted by atomic mass is 79.9. The van der Waals surface area contributed by atoms with E-state index in [1.165, 1.54) is 37.4 Å². The Morgan fingerprint density at radius 2 is 1.83 bits per heavy atom. The molecular formula is C30H34BrN3O10S2. The number of sulfonamides is 1. The van der Waals surface area contributed by atoms with Crippen molar-refractivity contribution in [2.24, 2.45) is 0 Å². The lowest BCUT2D eigenvalue weighted by Gasteiger charge is -2.33. The average Bonchev–Trinajstić information content (AvgIpc) is 3.29. The monoisotopic (exact) mass is 739 g/mol. The van der Waals surface area contributed by atoms with E-state index in [1.807, 2.05) is 0 Å². The van der Waals surface area contributed by atoms with E-state index in [0.29, 0.717) is 28.4 Å². The molecule has 0 aliphatic carbocycles. The van der Waals surface area contributed by atoms with E-state index >= 15 is 0 Å². The fourth-order valence-corrected chi connectivity index (χ4v) is 8.35. The van der Waals surface area contributed by atoms with Gasteiger partial charge in [-0.25, -0.2) is 13.2 Å². The van der Waals surface area contributed by atoms with Crippen molar-refractivity contribution in [3.63, 3.8) is 0 Å². The third kappa shape index (κ3) is 8.77. The van der Waals surface area contributed by atoms with Crippen LogP contribution >= 0.6 is 26.7 Å². The second-order valence-corrected chi connectivity index (χ2v) is 14.9. The van der Waals surface area contributed by atoms with Gasteiger partial charge < -0.3 is 19.9 Å². The summed E-state index contributed by atoms with van der Waals surface area (Å²) in [7, 11) is -6.27. The molecule has 2 amide bonds. The van der Waals surface area contributed by atoms with E-state index in [1.54, 1.807) is 36.4 Å². The quantitative estimate of drug-likeness (QED) is 0.104. The van der Waals surface area contributed by atoms with Gasteiger partial charge in [-0.2, -0.15) is 4.72 Å². The molecule has 46 heavy (non-hydrogen) atoms. The van der Waals surface area contributed by atoms with E-state index in [4.69, 9.17) is 9.47 Å². The molecule has 3 aromatic carbocycles. The van der Waals surface area contributed by atoms with Crippen LogP contribution in [0.2, 0.25) is 0 Å². The van der Waals surface area contributed by atoms with Crippen LogP contribution in [0.5, 0.6) is 11.5 Å². The van der Waals surface area contributed by atoms with Gasteiger partial charge in [0.2, 0.25) is 21.8 Å². The summed E-state index contributed by atoms with van der Waals surface area (Å²) < 4.78 is 62.4. The van der Waals surface area contributed by atoms with Gasteiger partial charge in [0.25, 0.3) is 0 Å². The third-order valence-electron chi connectivity index (χ3n) is 7.07. The standard InChI is InChI=1S/C30H34BrN3O10S2/c1-43-30(38)28-24(35)10-7-11-25(28)44-15-6-5-14-32-29(37)23(33-45(39,40)20-8-3-2-4-9-20)17-19-12-13-21(22(31)16-19)26-18-27(36)34-46(26,41)42/h2-4,7-13,16,23,26,33,35,41-42H,5-6,14-15,17-18H2,1H3,(H,32,37)(H,34,36). The van der Waals surface area contributed by atoms with Gasteiger partial charge in [0, 0.05) is 11.0 Å². The summed E-state index contributed by atoms with van der Waals surface area (Å²) >= 11 is 3.42. The fourth-order valence-electron chi connectivity index (χ4n) is 4.78. The topological polar surface area (TPSA) is 201 Å². The number of halogens is 1. The molecule has 0 spiro atoms. The Balaban J connectivity index is 1.41. The number of nitrogens with one attached hydrogen (secondary N) is 3. The maximum absolute atomic E-state index is 13.3. The number of aromatic hydroxyl groups is 1. The van der Waals surface area contributed by atoms with Gasteiger partial charge in [0.15, 0.2) is 0 Å². The zero-order valence-corrected chi connectivity index (χ0v) is 27.9. The first-order valence-corrected chi connectivity index (χ1v) is 17.9. The summed E-state index contributed by atoms with van der Waals surface area (Å²) in [6, 6.07) is 15.7. The molecular weight excluding hydrogens is 706 g/mol. The number of hydrogen-bond donors (Lipinski definition) is 6. The van der Waals surface area contributed by atoms with Crippen LogP contribution in [0.25, 0.3) is 0 Å². The molecule has 0 bridgehead atoms. The third-order valence-corrected chi connectivity index (χ3v) is 11.0. The molecule has 1 aliphatic heterocycles. The lowest BCUT2D eigenvalue weighted by Crippen LogP contribution is -2.48. The number of esters is 1. The van der Waals surface area contributed by atoms with E-state index in [2.05, 4.69) is 30.7 Å². The number of benzene rings is 3. The van der Waals surface area contributed by atoms with Gasteiger partial charge in [-0.05, 0) is 60.7 Å². The van der Waals surface area contributed by atoms with Crippen LogP contribution in [0.1, 0.15) is 46.0 Å². The van der Waals surface area contributed by atoms with Gasteiger partial charge >= 0.3 is 5.97 Å². The molecule has 2 unspecified atom stereocenters. The summed E-state index contributed by atoms with van der Waals surface area (Å²) in [4.78, 5) is 37.1. The maximum atomic E-state index is 13.3. The van der Waals surface area contributed by atoms with Crippen molar-refractivity contribution in [2.75, 3.05) is 20.3 Å². The van der Waals surface area contributed by atoms with E-state index in [0.717, 1.165) is 0 Å². The Morgan fingerprint density at radius 3 is 2.48 bits per heavy atom. The van der Waals surface area contributed by atoms with Crippen molar-refractivity contribution in [1.82, 2.24) is 14.8 Å². The van der Waals surface area contributed by atoms with Gasteiger partial charge in [0.1, 0.15) is 28.4 Å². The van der Waals surface area contributed by atoms with Crippen molar-refractivity contribution in [3.05, 3.63) is 87.9 Å². The van der Waals surface area contributed by atoms with Gasteiger partial charge in [-0.1, -0.05) is 52.3 Å². The molecule has 1 aliphatic rings. The molecule has 16 heteroatoms. The Labute approximate surface area is 276 Å². The number of methoxy groups -OCH3 is 1. The number of amides is 2. The number of hydrogen-bond acceptors (Lipinski definition) is 10. The number of rotatable bonds is 14. The second-order valence-electron chi connectivity index (χ2n) is 10.3. The van der Waals surface area contributed by atoms with Gasteiger partial charge in [-0.15, -0.1) is 10.8 Å². The molecule has 6 N–H and O–H groups in total. The van der Waals surface area contributed by atoms with Crippen LogP contribution in [0.3, 0.4) is 0 Å². The Hall–Kier alpha value is -3.67. The highest BCUT2D eigenvalue weighted by Crippen LogP contribution is 2.57. The first-order chi connectivity index (χ1) is 21.8. The smallest absolute Gasteiger partial charge is 0.345 e. The van der Waals surface area contributed by atoms with Crippen molar-refractivity contribution in [2.45, 2.75) is 41.9 Å². The number of carbonyl (C=O) groups is 3. The fraction of sp³-hybridized carbons (Fsp3) is 0.300. The summed E-state index contributed by atoms with van der Waals surface area (Å²) in [6.45, 7) is 0.361. The molecule has 0 saturated carbocycles. The maximum Gasteiger partial charge on any atom is 0.345 e. The van der Waals surface area contributed by atoms with Crippen LogP contribution < -0.4 is 19.5 Å². The lowest BCUT2D eigenvalue weighted by atomic mass is 10.0. The van der Waals surface area contributed by atoms with Gasteiger partial charge in [-0.3, -0.25) is 23.4 Å². The molecule has 0 aromatic heterocycles. The summed E-state index contributed by atoms with van der Waals surface area (Å²) in [5, 5.41) is 11.9. The predicted molar refractivity (Wildman–Crippen MR) is 174 cm³/mol. The van der Waals surface area contributed by atoms with Crippen LogP contribution in [-0.2, 0) is 30.8 Å². The SMILES string of the molecule is COC(=O)c1c(O)cccc1OCCCCNC(=O)C(Cc1ccc(C2CC(=O)NS2(O)O)c(Br)c1)NS(=O)(=O)c1ccccc1. The molecule has 1 fully saturated rings. The van der Waals surface area contributed by atoms with E-state index in [-0.39, 0.29) is 48.0 Å². The Kier molecular flexibility index (Phi) is 11.7. The van der Waals surface area contributed by atoms with E-state index in [9.17, 15) is 37.0 Å². The minimum absolute atomic E-state index is 0.0108. The number of phenols is 1. The molecule has 0 radical (unpaired) electrons. The normalized spacial score (nSPS) is 17.0. The summed E-state index contributed by atoms with van der Waals surface area (Å²) in [5.41, 5.74) is 0.967. The van der Waals surface area contributed by atoms with Crippen molar-refractivity contribution < 1.29 is 46.5 Å². The first-order valence-electron chi connectivity index (χ1n) is 14.1. The Morgan fingerprint density at radius 1 is 1.09 bits per heavy atom. The van der Waals surface area contributed by atoms with E-state index < -0.39 is 49.9 Å². The largest absolute Gasteiger partial charge is 0.507 e. The summed E-state index contributed by atoms with van der Waals surface area (Å²) in [5.74, 6) is -1.91. The van der Waals surface area contributed by atoms with Crippen molar-refractivity contribution in [1.29, 1.82) is 0 Å². The average molecular weight is 741 g/mol. The number of ether oxygens (including phenoxy) is 2. The molecule has 4 rings (SSSR count). The molecule has 1 saturated heterocycles. The zero-order chi connectivity index (χ0) is 33.5. The number of carbonyl (C=O) groups excluding carboxylic acids is 3. The van der Waals surface area contributed by atoms with Crippen LogP contribution in [-0.4, -0.2) is 66.7 Å². The second kappa shape index (κ2) is 15.3.